The molecule has 0 spiro atoms. The summed E-state index contributed by atoms with van der Waals surface area (Å²) < 4.78 is 5.17. The quantitative estimate of drug-likeness (QED) is 0.849. The van der Waals surface area contributed by atoms with E-state index in [-0.39, 0.29) is 6.04 Å². The van der Waals surface area contributed by atoms with E-state index in [9.17, 15) is 0 Å². The van der Waals surface area contributed by atoms with Crippen molar-refractivity contribution in [1.29, 1.82) is 0 Å². The Labute approximate surface area is 106 Å². The van der Waals surface area contributed by atoms with E-state index in [2.05, 4.69) is 15.5 Å². The number of anilines is 1. The highest BCUT2D eigenvalue weighted by atomic mass is 16.5. The smallest absolute Gasteiger partial charge is 0.260 e. The molecule has 0 saturated heterocycles. The lowest BCUT2D eigenvalue weighted by molar-refractivity contribution is 0.404. The van der Waals surface area contributed by atoms with E-state index in [1.165, 1.54) is 12.8 Å². The first-order valence-corrected chi connectivity index (χ1v) is 6.49. The molecule has 2 atom stereocenters. The van der Waals surface area contributed by atoms with Crippen molar-refractivity contribution in [3.63, 3.8) is 0 Å². The molecule has 1 saturated carbocycles. The first-order valence-electron chi connectivity index (χ1n) is 6.49. The molecule has 0 aromatic carbocycles. The van der Waals surface area contributed by atoms with E-state index in [0.717, 1.165) is 29.6 Å². The molecular formula is C13H18N4O. The van der Waals surface area contributed by atoms with Crippen molar-refractivity contribution >= 4 is 16.8 Å². The molecule has 1 aliphatic rings. The maximum Gasteiger partial charge on any atom is 0.260 e. The van der Waals surface area contributed by atoms with Gasteiger partial charge >= 0.3 is 0 Å². The summed E-state index contributed by atoms with van der Waals surface area (Å²) in [6.45, 7) is 1.93. The number of nitrogens with zero attached hydrogens (tertiary/aromatic N) is 2. The van der Waals surface area contributed by atoms with Crippen LogP contribution in [0.4, 0.5) is 5.69 Å². The summed E-state index contributed by atoms with van der Waals surface area (Å²) in [4.78, 5) is 4.17. The van der Waals surface area contributed by atoms with Crippen molar-refractivity contribution in [3.8, 4) is 0 Å². The molecule has 1 fully saturated rings. The maximum atomic E-state index is 6.17. The second-order valence-electron chi connectivity index (χ2n) is 5.01. The summed E-state index contributed by atoms with van der Waals surface area (Å²) >= 11 is 0. The van der Waals surface area contributed by atoms with E-state index in [0.29, 0.717) is 11.8 Å². The lowest BCUT2D eigenvalue weighted by Gasteiger charge is -2.30. The van der Waals surface area contributed by atoms with Crippen LogP contribution < -0.4 is 11.1 Å². The zero-order valence-electron chi connectivity index (χ0n) is 10.5. The summed E-state index contributed by atoms with van der Waals surface area (Å²) in [6, 6.07) is 2.52. The molecule has 96 valence electrons. The standard InChI is InChI=1S/C13H18N4O/c1-8-12-11(6-7-15-13(12)18-17-8)16-10-5-3-2-4-9(10)14/h6-7,9-10H,2-5,14H2,1H3,(H,15,16)/t9-,10-/m1/s1. The third-order valence-corrected chi connectivity index (χ3v) is 3.71. The third-order valence-electron chi connectivity index (χ3n) is 3.71. The Morgan fingerprint density at radius 1 is 1.39 bits per heavy atom. The van der Waals surface area contributed by atoms with Crippen LogP contribution in [-0.2, 0) is 0 Å². The Morgan fingerprint density at radius 3 is 3.06 bits per heavy atom. The van der Waals surface area contributed by atoms with Crippen molar-refractivity contribution in [1.82, 2.24) is 10.1 Å². The van der Waals surface area contributed by atoms with Crippen LogP contribution in [0.5, 0.6) is 0 Å². The highest BCUT2D eigenvalue weighted by molar-refractivity contribution is 5.89. The zero-order valence-corrected chi connectivity index (χ0v) is 10.5. The van der Waals surface area contributed by atoms with Gasteiger partial charge in [0.15, 0.2) is 0 Å². The maximum absolute atomic E-state index is 6.17. The summed E-state index contributed by atoms with van der Waals surface area (Å²) in [5.41, 5.74) is 8.65. The van der Waals surface area contributed by atoms with Gasteiger partial charge in [0.25, 0.3) is 5.71 Å². The molecule has 3 N–H and O–H groups in total. The van der Waals surface area contributed by atoms with Gasteiger partial charge in [-0.15, -0.1) is 0 Å². The average Bonchev–Trinajstić information content (AvgIpc) is 2.75. The van der Waals surface area contributed by atoms with Gasteiger partial charge in [-0.3, -0.25) is 0 Å². The SMILES string of the molecule is Cc1noc2nccc(N[C@@H]3CCCC[C@H]3N)c12. The topological polar surface area (TPSA) is 77.0 Å². The Kier molecular flexibility index (Phi) is 2.91. The van der Waals surface area contributed by atoms with Gasteiger partial charge in [-0.25, -0.2) is 4.98 Å². The van der Waals surface area contributed by atoms with Crippen LogP contribution in [0.1, 0.15) is 31.4 Å². The van der Waals surface area contributed by atoms with E-state index in [1.54, 1.807) is 6.20 Å². The Morgan fingerprint density at radius 2 is 2.22 bits per heavy atom. The summed E-state index contributed by atoms with van der Waals surface area (Å²) in [5.74, 6) is 0. The summed E-state index contributed by atoms with van der Waals surface area (Å²) in [5, 5.41) is 8.46. The van der Waals surface area contributed by atoms with Gasteiger partial charge in [-0.2, -0.15) is 0 Å². The van der Waals surface area contributed by atoms with Crippen molar-refractivity contribution in [2.45, 2.75) is 44.7 Å². The van der Waals surface area contributed by atoms with Crippen LogP contribution in [0.25, 0.3) is 11.1 Å². The van der Waals surface area contributed by atoms with Gasteiger partial charge in [0.05, 0.1) is 16.8 Å². The molecule has 0 bridgehead atoms. The van der Waals surface area contributed by atoms with Crippen molar-refractivity contribution in [3.05, 3.63) is 18.0 Å². The third kappa shape index (κ3) is 1.95. The van der Waals surface area contributed by atoms with E-state index in [4.69, 9.17) is 10.3 Å². The predicted molar refractivity (Wildman–Crippen MR) is 70.4 cm³/mol. The van der Waals surface area contributed by atoms with E-state index >= 15 is 0 Å². The van der Waals surface area contributed by atoms with E-state index in [1.807, 2.05) is 13.0 Å². The van der Waals surface area contributed by atoms with Crippen LogP contribution in [0.15, 0.2) is 16.8 Å². The van der Waals surface area contributed by atoms with Crippen molar-refractivity contribution < 1.29 is 4.52 Å². The van der Waals surface area contributed by atoms with E-state index < -0.39 is 0 Å². The molecule has 2 aromatic rings. The first kappa shape index (κ1) is 11.5. The number of aryl methyl sites for hydroxylation is 1. The van der Waals surface area contributed by atoms with Crippen LogP contribution in [0.2, 0.25) is 0 Å². The van der Waals surface area contributed by atoms with Gasteiger partial charge in [0.2, 0.25) is 0 Å². The highest BCUT2D eigenvalue weighted by Crippen LogP contribution is 2.28. The molecule has 2 heterocycles. The fourth-order valence-electron chi connectivity index (χ4n) is 2.68. The molecule has 1 aliphatic carbocycles. The molecule has 18 heavy (non-hydrogen) atoms. The van der Waals surface area contributed by atoms with Crippen LogP contribution >= 0.6 is 0 Å². The molecule has 0 aliphatic heterocycles. The van der Waals surface area contributed by atoms with Crippen molar-refractivity contribution in [2.24, 2.45) is 5.73 Å². The second kappa shape index (κ2) is 4.57. The molecule has 5 nitrogen and oxygen atoms in total. The summed E-state index contributed by atoms with van der Waals surface area (Å²) in [7, 11) is 0. The van der Waals surface area contributed by atoms with Crippen molar-refractivity contribution in [2.75, 3.05) is 5.32 Å². The molecule has 5 heteroatoms. The van der Waals surface area contributed by atoms with Crippen LogP contribution in [0.3, 0.4) is 0 Å². The minimum atomic E-state index is 0.224. The lowest BCUT2D eigenvalue weighted by atomic mass is 9.91. The predicted octanol–water partition coefficient (Wildman–Crippen LogP) is 2.21. The van der Waals surface area contributed by atoms with Gasteiger partial charge in [-0.1, -0.05) is 18.0 Å². The molecule has 0 amide bonds. The molecule has 3 rings (SSSR count). The Bertz CT molecular complexity index is 551. The Hall–Kier alpha value is -1.62. The minimum Gasteiger partial charge on any atom is -0.380 e. The number of nitrogens with one attached hydrogen (secondary N) is 1. The lowest BCUT2D eigenvalue weighted by Crippen LogP contribution is -2.42. The normalized spacial score (nSPS) is 24.3. The number of fused-ring (bicyclic) bond motifs is 1. The van der Waals surface area contributed by atoms with Gasteiger partial charge < -0.3 is 15.6 Å². The monoisotopic (exact) mass is 246 g/mol. The number of pyridine rings is 1. The van der Waals surface area contributed by atoms with Crippen LogP contribution in [-0.4, -0.2) is 22.2 Å². The zero-order chi connectivity index (χ0) is 12.5. The largest absolute Gasteiger partial charge is 0.380 e. The summed E-state index contributed by atoms with van der Waals surface area (Å²) in [6.07, 6.45) is 6.42. The molecule has 0 unspecified atom stereocenters. The molecule has 0 radical (unpaired) electrons. The number of aromatic nitrogens is 2. The first-order chi connectivity index (χ1) is 8.75. The second-order valence-corrected chi connectivity index (χ2v) is 5.01. The van der Waals surface area contributed by atoms with Gasteiger partial charge in [0.1, 0.15) is 0 Å². The van der Waals surface area contributed by atoms with Crippen LogP contribution in [0, 0.1) is 6.92 Å². The van der Waals surface area contributed by atoms with Gasteiger partial charge in [0, 0.05) is 18.3 Å². The average molecular weight is 246 g/mol. The number of nitrogens with two attached hydrogens (primary N) is 1. The minimum absolute atomic E-state index is 0.224. The fourth-order valence-corrected chi connectivity index (χ4v) is 2.68. The highest BCUT2D eigenvalue weighted by Gasteiger charge is 2.22. The number of rotatable bonds is 2. The van der Waals surface area contributed by atoms with Gasteiger partial charge in [-0.05, 0) is 25.8 Å². The number of hydrogen-bond acceptors (Lipinski definition) is 5. The number of hydrogen-bond donors (Lipinski definition) is 2. The molecule has 2 aromatic heterocycles. The molecular weight excluding hydrogens is 228 g/mol. The Balaban J connectivity index is 1.92. The fraction of sp³-hybridized carbons (Fsp3) is 0.538.